The first kappa shape index (κ1) is 17.9. The third-order valence-corrected chi connectivity index (χ3v) is 4.08. The van der Waals surface area contributed by atoms with Crippen molar-refractivity contribution in [1.82, 2.24) is 10.3 Å². The molecule has 0 saturated carbocycles. The normalized spacial score (nSPS) is 11.0. The molecule has 0 saturated heterocycles. The predicted molar refractivity (Wildman–Crippen MR) is 103 cm³/mol. The van der Waals surface area contributed by atoms with Crippen molar-refractivity contribution in [2.75, 3.05) is 6.54 Å². The van der Waals surface area contributed by atoms with E-state index in [2.05, 4.69) is 36.3 Å². The number of nitrogens with zero attached hydrogens (tertiary/aromatic N) is 1. The van der Waals surface area contributed by atoms with E-state index in [-0.39, 0.29) is 0 Å². The van der Waals surface area contributed by atoms with Crippen molar-refractivity contribution in [3.63, 3.8) is 0 Å². The number of nitrogens with one attached hydrogen (secondary N) is 1. The van der Waals surface area contributed by atoms with Crippen molar-refractivity contribution in [2.45, 2.75) is 20.4 Å². The highest BCUT2D eigenvalue weighted by Gasteiger charge is 2.09. The van der Waals surface area contributed by atoms with Crippen LogP contribution >= 0.6 is 0 Å². The van der Waals surface area contributed by atoms with Crippen molar-refractivity contribution in [3.8, 4) is 11.6 Å². The summed E-state index contributed by atoms with van der Waals surface area (Å²) >= 11 is 0. The number of fused-ring (bicyclic) bond motifs is 1. The molecule has 1 aromatic heterocycles. The minimum atomic E-state index is -0.507. The van der Waals surface area contributed by atoms with Crippen molar-refractivity contribution >= 4 is 16.7 Å². The van der Waals surface area contributed by atoms with E-state index < -0.39 is 5.91 Å². The summed E-state index contributed by atoms with van der Waals surface area (Å²) in [5, 5.41) is 5.66. The van der Waals surface area contributed by atoms with Crippen LogP contribution in [0.3, 0.4) is 0 Å². The summed E-state index contributed by atoms with van der Waals surface area (Å²) in [7, 11) is 0. The standard InChI is InChI=1S/C21H23N3O2/c1-14(2)11-23-12-15-7-9-19(18-6-4-3-5-17(15)18)26-20-10-8-16(13-24-20)21(22)25/h3-10,13-14,23H,11-12H2,1-2H3,(H2,22,25). The maximum atomic E-state index is 11.1. The largest absolute Gasteiger partial charge is 0.438 e. The number of hydrogen-bond donors (Lipinski definition) is 2. The third kappa shape index (κ3) is 4.18. The lowest BCUT2D eigenvalue weighted by Gasteiger charge is -2.13. The summed E-state index contributed by atoms with van der Waals surface area (Å²) in [6, 6.07) is 15.4. The molecule has 3 N–H and O–H groups in total. The van der Waals surface area contributed by atoms with Gasteiger partial charge in [-0.15, -0.1) is 0 Å². The van der Waals surface area contributed by atoms with Crippen LogP contribution in [0.25, 0.3) is 10.8 Å². The number of benzene rings is 2. The number of ether oxygens (including phenoxy) is 1. The second-order valence-electron chi connectivity index (χ2n) is 6.64. The first-order chi connectivity index (χ1) is 12.5. The molecule has 134 valence electrons. The smallest absolute Gasteiger partial charge is 0.250 e. The first-order valence-electron chi connectivity index (χ1n) is 8.69. The van der Waals surface area contributed by atoms with Gasteiger partial charge in [0.25, 0.3) is 0 Å². The predicted octanol–water partition coefficient (Wildman–Crippen LogP) is 3.87. The molecule has 3 aromatic rings. The molecule has 1 amide bonds. The van der Waals surface area contributed by atoms with E-state index in [0.717, 1.165) is 29.6 Å². The Balaban J connectivity index is 1.86. The second kappa shape index (κ2) is 7.97. The van der Waals surface area contributed by atoms with Crippen LogP contribution in [0, 0.1) is 5.92 Å². The highest BCUT2D eigenvalue weighted by Crippen LogP contribution is 2.31. The minimum Gasteiger partial charge on any atom is -0.438 e. The fourth-order valence-corrected chi connectivity index (χ4v) is 2.77. The molecule has 0 atom stereocenters. The maximum absolute atomic E-state index is 11.1. The number of hydrogen-bond acceptors (Lipinski definition) is 4. The Kier molecular flexibility index (Phi) is 5.49. The lowest BCUT2D eigenvalue weighted by atomic mass is 10.0. The molecule has 0 aliphatic heterocycles. The van der Waals surface area contributed by atoms with Gasteiger partial charge in [-0.2, -0.15) is 0 Å². The average molecular weight is 349 g/mol. The quantitative estimate of drug-likeness (QED) is 0.679. The van der Waals surface area contributed by atoms with Crippen LogP contribution in [0.4, 0.5) is 0 Å². The summed E-state index contributed by atoms with van der Waals surface area (Å²) < 4.78 is 5.94. The van der Waals surface area contributed by atoms with E-state index >= 15 is 0 Å². The molecule has 0 radical (unpaired) electrons. The number of pyridine rings is 1. The number of nitrogens with two attached hydrogens (primary N) is 1. The van der Waals surface area contributed by atoms with Crippen LogP contribution in [0.5, 0.6) is 11.6 Å². The molecule has 5 heteroatoms. The Morgan fingerprint density at radius 3 is 2.54 bits per heavy atom. The maximum Gasteiger partial charge on any atom is 0.250 e. The molecule has 26 heavy (non-hydrogen) atoms. The molecule has 0 aliphatic rings. The van der Waals surface area contributed by atoms with Gasteiger partial charge in [-0.05, 0) is 35.5 Å². The van der Waals surface area contributed by atoms with Crippen LogP contribution < -0.4 is 15.8 Å². The Hall–Kier alpha value is -2.92. The van der Waals surface area contributed by atoms with Gasteiger partial charge in [0, 0.05) is 24.2 Å². The minimum absolute atomic E-state index is 0.355. The summed E-state index contributed by atoms with van der Waals surface area (Å²) in [5.74, 6) is 1.25. The Morgan fingerprint density at radius 1 is 1.12 bits per heavy atom. The zero-order valence-corrected chi connectivity index (χ0v) is 15.0. The molecule has 0 bridgehead atoms. The van der Waals surface area contributed by atoms with Gasteiger partial charge in [0.15, 0.2) is 0 Å². The summed E-state index contributed by atoms with van der Waals surface area (Å²) in [6.45, 7) is 6.17. The molecule has 0 fully saturated rings. The van der Waals surface area contributed by atoms with E-state index in [1.807, 2.05) is 24.3 Å². The van der Waals surface area contributed by atoms with E-state index in [1.54, 1.807) is 12.1 Å². The number of amides is 1. The molecular formula is C21H23N3O2. The molecular weight excluding hydrogens is 326 g/mol. The highest BCUT2D eigenvalue weighted by atomic mass is 16.5. The van der Waals surface area contributed by atoms with E-state index in [9.17, 15) is 4.79 Å². The van der Waals surface area contributed by atoms with Crippen LogP contribution in [0.2, 0.25) is 0 Å². The first-order valence-corrected chi connectivity index (χ1v) is 8.69. The third-order valence-electron chi connectivity index (χ3n) is 4.08. The molecule has 5 nitrogen and oxygen atoms in total. The van der Waals surface area contributed by atoms with Crippen LogP contribution in [-0.4, -0.2) is 17.4 Å². The van der Waals surface area contributed by atoms with Gasteiger partial charge in [-0.25, -0.2) is 4.98 Å². The lowest BCUT2D eigenvalue weighted by molar-refractivity contribution is 0.1000. The fourth-order valence-electron chi connectivity index (χ4n) is 2.77. The van der Waals surface area contributed by atoms with Gasteiger partial charge in [0.1, 0.15) is 5.75 Å². The van der Waals surface area contributed by atoms with Crippen molar-refractivity contribution in [3.05, 3.63) is 65.9 Å². The zero-order valence-electron chi connectivity index (χ0n) is 15.0. The second-order valence-corrected chi connectivity index (χ2v) is 6.64. The SMILES string of the molecule is CC(C)CNCc1ccc(Oc2ccc(C(N)=O)cn2)c2ccccc12. The lowest BCUT2D eigenvalue weighted by Crippen LogP contribution is -2.19. The zero-order chi connectivity index (χ0) is 18.5. The highest BCUT2D eigenvalue weighted by molar-refractivity contribution is 5.92. The molecule has 2 aromatic carbocycles. The number of carbonyl (C=O) groups is 1. The molecule has 0 aliphatic carbocycles. The van der Waals surface area contributed by atoms with E-state index in [1.165, 1.54) is 11.8 Å². The van der Waals surface area contributed by atoms with Gasteiger partial charge in [-0.1, -0.05) is 44.2 Å². The number of primary amides is 1. The molecule has 1 heterocycles. The number of aromatic nitrogens is 1. The monoisotopic (exact) mass is 349 g/mol. The Labute approximate surface area is 153 Å². The van der Waals surface area contributed by atoms with Gasteiger partial charge in [0.2, 0.25) is 11.8 Å². The summed E-state index contributed by atoms with van der Waals surface area (Å²) in [6.07, 6.45) is 1.42. The van der Waals surface area contributed by atoms with E-state index in [0.29, 0.717) is 17.4 Å². The van der Waals surface area contributed by atoms with E-state index in [4.69, 9.17) is 10.5 Å². The van der Waals surface area contributed by atoms with Crippen molar-refractivity contribution < 1.29 is 9.53 Å². The fraction of sp³-hybridized carbons (Fsp3) is 0.238. The van der Waals surface area contributed by atoms with Gasteiger partial charge >= 0.3 is 0 Å². The molecule has 3 rings (SSSR count). The van der Waals surface area contributed by atoms with Crippen LogP contribution in [0.15, 0.2) is 54.7 Å². The Bertz CT molecular complexity index is 905. The number of carbonyl (C=O) groups excluding carboxylic acids is 1. The Morgan fingerprint density at radius 2 is 1.88 bits per heavy atom. The summed E-state index contributed by atoms with van der Waals surface area (Å²) in [4.78, 5) is 15.3. The van der Waals surface area contributed by atoms with Gasteiger partial charge in [-0.3, -0.25) is 4.79 Å². The number of rotatable bonds is 7. The van der Waals surface area contributed by atoms with Crippen molar-refractivity contribution in [2.24, 2.45) is 11.7 Å². The topological polar surface area (TPSA) is 77.2 Å². The van der Waals surface area contributed by atoms with Crippen molar-refractivity contribution in [1.29, 1.82) is 0 Å². The molecule has 0 spiro atoms. The van der Waals surface area contributed by atoms with Crippen LogP contribution in [-0.2, 0) is 6.54 Å². The summed E-state index contributed by atoms with van der Waals surface area (Å²) in [5.41, 5.74) is 6.82. The van der Waals surface area contributed by atoms with Crippen LogP contribution in [0.1, 0.15) is 29.8 Å². The van der Waals surface area contributed by atoms with Gasteiger partial charge < -0.3 is 15.8 Å². The van der Waals surface area contributed by atoms with Gasteiger partial charge in [0.05, 0.1) is 5.56 Å². The average Bonchev–Trinajstić information content (AvgIpc) is 2.63. The molecule has 0 unspecified atom stereocenters.